The highest BCUT2D eigenvalue weighted by Gasteiger charge is 2.23. The minimum Gasteiger partial charge on any atom is -0.333 e. The zero-order valence-corrected chi connectivity index (χ0v) is 15.7. The zero-order chi connectivity index (χ0) is 18.7. The maximum Gasteiger partial charge on any atom is 0.257 e. The first-order valence-corrected chi connectivity index (χ1v) is 8.93. The molecule has 1 N–H and O–H groups in total. The van der Waals surface area contributed by atoms with Gasteiger partial charge in [-0.1, -0.05) is 37.3 Å². The number of rotatable bonds is 6. The number of aromatic nitrogens is 4. The summed E-state index contributed by atoms with van der Waals surface area (Å²) >= 11 is 0. The molecule has 3 aromatic rings. The summed E-state index contributed by atoms with van der Waals surface area (Å²) in [6.07, 6.45) is 2.82. The third-order valence-electron chi connectivity index (χ3n) is 4.65. The fourth-order valence-electron chi connectivity index (χ4n) is 2.95. The van der Waals surface area contributed by atoms with Crippen molar-refractivity contribution in [1.29, 1.82) is 0 Å². The van der Waals surface area contributed by atoms with Crippen LogP contribution in [-0.4, -0.2) is 37.8 Å². The SMILES string of the molecule is CCCn1cc(C(=O)N(C)[C@@H](C)c2cc(-c3ccccc3)n[nH]2)c(C)n1. The van der Waals surface area contributed by atoms with Crippen molar-refractivity contribution in [3.05, 3.63) is 59.5 Å². The lowest BCUT2D eigenvalue weighted by atomic mass is 10.1. The van der Waals surface area contributed by atoms with Gasteiger partial charge in [-0.05, 0) is 26.3 Å². The molecule has 1 amide bonds. The van der Waals surface area contributed by atoms with Crippen LogP contribution in [0.4, 0.5) is 0 Å². The molecule has 136 valence electrons. The molecule has 26 heavy (non-hydrogen) atoms. The van der Waals surface area contributed by atoms with Gasteiger partial charge in [0.25, 0.3) is 5.91 Å². The van der Waals surface area contributed by atoms with Gasteiger partial charge in [0.2, 0.25) is 0 Å². The van der Waals surface area contributed by atoms with Crippen LogP contribution in [0, 0.1) is 6.92 Å². The van der Waals surface area contributed by atoms with Crippen LogP contribution in [-0.2, 0) is 6.54 Å². The molecule has 0 fully saturated rings. The van der Waals surface area contributed by atoms with Gasteiger partial charge >= 0.3 is 0 Å². The van der Waals surface area contributed by atoms with Crippen LogP contribution in [0.3, 0.4) is 0 Å². The summed E-state index contributed by atoms with van der Waals surface area (Å²) in [6, 6.07) is 11.9. The number of amides is 1. The molecule has 0 saturated heterocycles. The topological polar surface area (TPSA) is 66.8 Å². The third-order valence-corrected chi connectivity index (χ3v) is 4.65. The first kappa shape index (κ1) is 17.9. The second-order valence-corrected chi connectivity index (χ2v) is 6.56. The highest BCUT2D eigenvalue weighted by Crippen LogP contribution is 2.24. The van der Waals surface area contributed by atoms with Gasteiger partial charge in [-0.3, -0.25) is 14.6 Å². The molecule has 1 atom stereocenters. The number of hydrogen-bond acceptors (Lipinski definition) is 3. The van der Waals surface area contributed by atoms with Crippen molar-refractivity contribution in [2.24, 2.45) is 0 Å². The summed E-state index contributed by atoms with van der Waals surface area (Å²) in [5.41, 5.74) is 4.24. The van der Waals surface area contributed by atoms with Crippen molar-refractivity contribution in [1.82, 2.24) is 24.9 Å². The maximum absolute atomic E-state index is 12.9. The Bertz CT molecular complexity index is 881. The van der Waals surface area contributed by atoms with Crippen molar-refractivity contribution in [3.63, 3.8) is 0 Å². The van der Waals surface area contributed by atoms with Crippen LogP contribution in [0.15, 0.2) is 42.6 Å². The molecule has 0 unspecified atom stereocenters. The fourth-order valence-corrected chi connectivity index (χ4v) is 2.95. The first-order valence-electron chi connectivity index (χ1n) is 8.93. The van der Waals surface area contributed by atoms with Gasteiger partial charge < -0.3 is 4.90 Å². The molecule has 0 spiro atoms. The molecular formula is C20H25N5O. The number of carbonyl (C=O) groups is 1. The highest BCUT2D eigenvalue weighted by molar-refractivity contribution is 5.95. The zero-order valence-electron chi connectivity index (χ0n) is 15.7. The molecule has 2 heterocycles. The molecule has 1 aromatic carbocycles. The molecule has 3 rings (SSSR count). The Morgan fingerprint density at radius 1 is 1.31 bits per heavy atom. The standard InChI is InChI=1S/C20H25N5O/c1-5-11-25-13-17(14(2)23-25)20(26)24(4)15(3)18-12-19(22-21-18)16-9-7-6-8-10-16/h6-10,12-13,15H,5,11H2,1-4H3,(H,21,22)/t15-/m0/s1. The third kappa shape index (κ3) is 3.54. The van der Waals surface area contributed by atoms with Crippen molar-refractivity contribution < 1.29 is 4.79 Å². The van der Waals surface area contributed by atoms with Gasteiger partial charge in [-0.15, -0.1) is 0 Å². The largest absolute Gasteiger partial charge is 0.333 e. The molecule has 0 bridgehead atoms. The van der Waals surface area contributed by atoms with Gasteiger partial charge in [-0.25, -0.2) is 0 Å². The van der Waals surface area contributed by atoms with E-state index in [2.05, 4.69) is 22.2 Å². The second-order valence-electron chi connectivity index (χ2n) is 6.56. The summed E-state index contributed by atoms with van der Waals surface area (Å²) in [6.45, 7) is 6.78. The Labute approximate surface area is 153 Å². The average molecular weight is 351 g/mol. The second kappa shape index (κ2) is 7.56. The summed E-state index contributed by atoms with van der Waals surface area (Å²) in [5, 5.41) is 11.9. The lowest BCUT2D eigenvalue weighted by Gasteiger charge is -2.23. The Balaban J connectivity index is 1.78. The van der Waals surface area contributed by atoms with E-state index in [-0.39, 0.29) is 11.9 Å². The predicted octanol–water partition coefficient (Wildman–Crippen LogP) is 3.82. The monoisotopic (exact) mass is 351 g/mol. The Kier molecular flexibility index (Phi) is 5.21. The summed E-state index contributed by atoms with van der Waals surface area (Å²) < 4.78 is 1.84. The van der Waals surface area contributed by atoms with Gasteiger partial charge in [0.1, 0.15) is 0 Å². The Morgan fingerprint density at radius 2 is 2.04 bits per heavy atom. The van der Waals surface area contributed by atoms with Gasteiger partial charge in [0.15, 0.2) is 0 Å². The summed E-state index contributed by atoms with van der Waals surface area (Å²) in [4.78, 5) is 14.6. The van der Waals surface area contributed by atoms with Gasteiger partial charge in [0, 0.05) is 25.4 Å². The van der Waals surface area contributed by atoms with E-state index < -0.39 is 0 Å². The number of aromatic amines is 1. The van der Waals surface area contributed by atoms with Crippen LogP contribution in [0.5, 0.6) is 0 Å². The van der Waals surface area contributed by atoms with Crippen molar-refractivity contribution in [2.45, 2.75) is 39.8 Å². The maximum atomic E-state index is 12.9. The van der Waals surface area contributed by atoms with Crippen LogP contribution in [0.1, 0.15) is 48.1 Å². The van der Waals surface area contributed by atoms with Crippen LogP contribution in [0.2, 0.25) is 0 Å². The predicted molar refractivity (Wildman–Crippen MR) is 102 cm³/mol. The fraction of sp³-hybridized carbons (Fsp3) is 0.350. The molecule has 0 saturated carbocycles. The normalized spacial score (nSPS) is 12.2. The summed E-state index contributed by atoms with van der Waals surface area (Å²) in [5.74, 6) is -0.0341. The number of benzene rings is 1. The van der Waals surface area contributed by atoms with E-state index in [9.17, 15) is 4.79 Å². The number of aryl methyl sites for hydroxylation is 2. The number of nitrogens with one attached hydrogen (secondary N) is 1. The molecule has 2 aromatic heterocycles. The van der Waals surface area contributed by atoms with Crippen molar-refractivity contribution >= 4 is 5.91 Å². The molecule has 6 nitrogen and oxygen atoms in total. The first-order chi connectivity index (χ1) is 12.5. The van der Waals surface area contributed by atoms with Gasteiger partial charge in [0.05, 0.1) is 28.7 Å². The minimum absolute atomic E-state index is 0.0341. The molecular weight excluding hydrogens is 326 g/mol. The molecule has 0 aliphatic carbocycles. The lowest BCUT2D eigenvalue weighted by molar-refractivity contribution is 0.0739. The van der Waals surface area contributed by atoms with Crippen LogP contribution >= 0.6 is 0 Å². The van der Waals surface area contributed by atoms with Crippen LogP contribution in [0.25, 0.3) is 11.3 Å². The van der Waals surface area contributed by atoms with E-state index in [1.54, 1.807) is 4.90 Å². The van der Waals surface area contributed by atoms with E-state index in [0.29, 0.717) is 5.56 Å². The van der Waals surface area contributed by atoms with Gasteiger partial charge in [-0.2, -0.15) is 10.2 Å². The number of nitrogens with zero attached hydrogens (tertiary/aromatic N) is 4. The minimum atomic E-state index is -0.124. The highest BCUT2D eigenvalue weighted by atomic mass is 16.2. The van der Waals surface area contributed by atoms with E-state index in [0.717, 1.165) is 35.6 Å². The number of hydrogen-bond donors (Lipinski definition) is 1. The van der Waals surface area contributed by atoms with E-state index in [4.69, 9.17) is 0 Å². The van der Waals surface area contributed by atoms with Crippen LogP contribution < -0.4 is 0 Å². The summed E-state index contributed by atoms with van der Waals surface area (Å²) in [7, 11) is 1.81. The molecule has 6 heteroatoms. The van der Waals surface area contributed by atoms with E-state index in [1.165, 1.54) is 0 Å². The lowest BCUT2D eigenvalue weighted by Crippen LogP contribution is -2.30. The van der Waals surface area contributed by atoms with Crippen molar-refractivity contribution in [3.8, 4) is 11.3 Å². The smallest absolute Gasteiger partial charge is 0.257 e. The Morgan fingerprint density at radius 3 is 2.73 bits per heavy atom. The van der Waals surface area contributed by atoms with E-state index >= 15 is 0 Å². The number of carbonyl (C=O) groups excluding carboxylic acids is 1. The van der Waals surface area contributed by atoms with E-state index in [1.807, 2.05) is 68.2 Å². The molecule has 0 radical (unpaired) electrons. The Hall–Kier alpha value is -2.89. The molecule has 0 aliphatic rings. The molecule has 0 aliphatic heterocycles. The van der Waals surface area contributed by atoms with Crippen molar-refractivity contribution in [2.75, 3.05) is 7.05 Å². The number of H-pyrrole nitrogens is 1. The quantitative estimate of drug-likeness (QED) is 0.734. The average Bonchev–Trinajstić information content (AvgIpc) is 3.28.